The quantitative estimate of drug-likeness (QED) is 0.376. The summed E-state index contributed by atoms with van der Waals surface area (Å²) in [5.41, 5.74) is 10.3. The summed E-state index contributed by atoms with van der Waals surface area (Å²) in [7, 11) is 0. The number of nitrogens with zero attached hydrogens (tertiary/aromatic N) is 1. The fraction of sp³-hybridized carbons (Fsp3) is 0.536. The van der Waals surface area contributed by atoms with Gasteiger partial charge in [-0.25, -0.2) is 0 Å². The van der Waals surface area contributed by atoms with Gasteiger partial charge in [0.2, 0.25) is 5.91 Å². The maximum Gasteiger partial charge on any atom is 0.237 e. The Labute approximate surface area is 240 Å². The summed E-state index contributed by atoms with van der Waals surface area (Å²) in [5.74, 6) is 1.19. The summed E-state index contributed by atoms with van der Waals surface area (Å²) in [6.07, 6.45) is 1.72. The molecule has 9 heteroatoms. The Morgan fingerprint density at radius 3 is 2.57 bits per heavy atom. The second-order valence-electron chi connectivity index (χ2n) is 10.9. The molecule has 0 unspecified atom stereocenters. The fourth-order valence-corrected chi connectivity index (χ4v) is 5.48. The highest BCUT2D eigenvalue weighted by atomic mass is 35.5. The molecule has 0 radical (unpaired) electrons. The van der Waals surface area contributed by atoms with Crippen molar-refractivity contribution in [2.45, 2.75) is 64.6 Å². The van der Waals surface area contributed by atoms with Crippen LogP contribution in [-0.2, 0) is 23.2 Å². The second-order valence-corrected chi connectivity index (χ2v) is 10.9. The predicted octanol–water partition coefficient (Wildman–Crippen LogP) is 4.69. The number of carbonyl (C=O) groups excluding carboxylic acids is 1. The first-order valence-electron chi connectivity index (χ1n) is 12.6. The number of anilines is 1. The zero-order chi connectivity index (χ0) is 24.5. The number of hydrogen-bond acceptors (Lipinski definition) is 5. The third kappa shape index (κ3) is 7.67. The van der Waals surface area contributed by atoms with E-state index < -0.39 is 0 Å². The molecule has 0 spiro atoms. The Kier molecular flexibility index (Phi) is 12.5. The number of phenolic OH excluding ortho intramolecular Hbond substituents is 1. The molecule has 2 heterocycles. The Morgan fingerprint density at radius 1 is 1.19 bits per heavy atom. The molecule has 1 amide bonds. The molecule has 0 saturated carbocycles. The van der Waals surface area contributed by atoms with Crippen molar-refractivity contribution in [2.24, 2.45) is 11.8 Å². The van der Waals surface area contributed by atoms with Crippen LogP contribution in [0.2, 0.25) is 0 Å². The average molecular weight is 574 g/mol. The lowest BCUT2D eigenvalue weighted by Gasteiger charge is -2.46. The number of phenols is 1. The van der Waals surface area contributed by atoms with Gasteiger partial charge in [0.1, 0.15) is 5.75 Å². The van der Waals surface area contributed by atoms with Crippen LogP contribution in [0, 0.1) is 11.8 Å². The number of halogens is 3. The molecule has 37 heavy (non-hydrogen) atoms. The molecule has 1 fully saturated rings. The summed E-state index contributed by atoms with van der Waals surface area (Å²) < 4.78 is 0. The van der Waals surface area contributed by atoms with Crippen LogP contribution in [0.1, 0.15) is 50.8 Å². The van der Waals surface area contributed by atoms with Crippen LogP contribution in [0.5, 0.6) is 5.75 Å². The number of carbonyl (C=O) groups is 1. The van der Waals surface area contributed by atoms with Crippen molar-refractivity contribution in [3.8, 4) is 5.75 Å². The lowest BCUT2D eigenvalue weighted by atomic mass is 9.68. The van der Waals surface area contributed by atoms with Crippen molar-refractivity contribution >= 4 is 48.8 Å². The maximum absolute atomic E-state index is 13.2. The van der Waals surface area contributed by atoms with E-state index in [4.69, 9.17) is 5.73 Å². The number of nitrogens with one attached hydrogen (secondary N) is 2. The van der Waals surface area contributed by atoms with Gasteiger partial charge in [-0.15, -0.1) is 37.2 Å². The Morgan fingerprint density at radius 2 is 1.92 bits per heavy atom. The molecule has 4 atom stereocenters. The Bertz CT molecular complexity index is 1040. The largest absolute Gasteiger partial charge is 0.508 e. The van der Waals surface area contributed by atoms with Crippen molar-refractivity contribution < 1.29 is 9.90 Å². The summed E-state index contributed by atoms with van der Waals surface area (Å²) >= 11 is 0. The van der Waals surface area contributed by atoms with Crippen molar-refractivity contribution in [1.29, 1.82) is 0 Å². The summed E-state index contributed by atoms with van der Waals surface area (Å²) in [6, 6.07) is 13.5. The Hall–Kier alpha value is -1.70. The van der Waals surface area contributed by atoms with Gasteiger partial charge in [-0.3, -0.25) is 4.79 Å². The highest BCUT2D eigenvalue weighted by Crippen LogP contribution is 2.40. The van der Waals surface area contributed by atoms with E-state index in [1.165, 1.54) is 16.7 Å². The van der Waals surface area contributed by atoms with Crippen LogP contribution in [0.25, 0.3) is 0 Å². The monoisotopic (exact) mass is 572 g/mol. The number of rotatable bonds is 6. The van der Waals surface area contributed by atoms with Gasteiger partial charge < -0.3 is 26.4 Å². The van der Waals surface area contributed by atoms with Gasteiger partial charge in [0, 0.05) is 31.4 Å². The van der Waals surface area contributed by atoms with Crippen LogP contribution in [0.3, 0.4) is 0 Å². The number of fused-ring (bicyclic) bond motifs is 1. The molecule has 2 aromatic carbocycles. The Balaban J connectivity index is 0.00000228. The average Bonchev–Trinajstić information content (AvgIpc) is 2.80. The smallest absolute Gasteiger partial charge is 0.237 e. The van der Waals surface area contributed by atoms with Gasteiger partial charge in [-0.1, -0.05) is 45.9 Å². The first kappa shape index (κ1) is 33.3. The maximum atomic E-state index is 13.2. The topological polar surface area (TPSA) is 90.6 Å². The molecule has 4 rings (SSSR count). The third-order valence-electron chi connectivity index (χ3n) is 8.17. The van der Waals surface area contributed by atoms with Crippen LogP contribution in [0.15, 0.2) is 42.5 Å². The summed E-state index contributed by atoms with van der Waals surface area (Å²) in [4.78, 5) is 15.7. The third-order valence-corrected chi connectivity index (χ3v) is 8.17. The van der Waals surface area contributed by atoms with Gasteiger partial charge in [0.05, 0.1) is 6.04 Å². The normalized spacial score (nSPS) is 24.0. The van der Waals surface area contributed by atoms with E-state index >= 15 is 0 Å². The number of hydrogen-bond donors (Lipinski definition) is 4. The highest BCUT2D eigenvalue weighted by molar-refractivity contribution is 5.86. The molecule has 0 bridgehead atoms. The van der Waals surface area contributed by atoms with Crippen molar-refractivity contribution in [2.75, 3.05) is 25.4 Å². The SMILES string of the molecule is CC(C)[C@@H](CN1CC[C@@](C)(c2cccc(O)c2)[C@@H](C)C1)NC(=O)[C@H]1Cc2ccc(N)cc2CN1.Cl.Cl.Cl. The van der Waals surface area contributed by atoms with Crippen molar-refractivity contribution in [1.82, 2.24) is 15.5 Å². The van der Waals surface area contributed by atoms with Crippen LogP contribution in [-0.4, -0.2) is 47.6 Å². The van der Waals surface area contributed by atoms with Crippen LogP contribution in [0.4, 0.5) is 5.69 Å². The van der Waals surface area contributed by atoms with Gasteiger partial charge in [-0.05, 0) is 77.6 Å². The molecular formula is C28H43Cl3N4O2. The minimum Gasteiger partial charge on any atom is -0.508 e. The van der Waals surface area contributed by atoms with Crippen molar-refractivity contribution in [3.63, 3.8) is 0 Å². The van der Waals surface area contributed by atoms with E-state index in [0.29, 0.717) is 30.6 Å². The number of piperidine rings is 1. The minimum absolute atomic E-state index is 0. The fourth-order valence-electron chi connectivity index (χ4n) is 5.48. The molecule has 2 aromatic rings. The number of benzene rings is 2. The molecule has 0 aliphatic carbocycles. The molecule has 6 nitrogen and oxygen atoms in total. The van der Waals surface area contributed by atoms with Gasteiger partial charge in [-0.2, -0.15) is 0 Å². The molecule has 2 aliphatic heterocycles. The number of aromatic hydroxyl groups is 1. The van der Waals surface area contributed by atoms with Gasteiger partial charge in [0.25, 0.3) is 0 Å². The number of likely N-dealkylation sites (tertiary alicyclic amines) is 1. The predicted molar refractivity (Wildman–Crippen MR) is 159 cm³/mol. The summed E-state index contributed by atoms with van der Waals surface area (Å²) in [6.45, 7) is 12.4. The minimum atomic E-state index is -0.216. The zero-order valence-electron chi connectivity index (χ0n) is 22.2. The van der Waals surface area contributed by atoms with E-state index in [-0.39, 0.29) is 60.6 Å². The molecule has 0 aromatic heterocycles. The molecule has 2 aliphatic rings. The second kappa shape index (κ2) is 13.9. The molecule has 208 valence electrons. The van der Waals surface area contributed by atoms with Gasteiger partial charge >= 0.3 is 0 Å². The molecule has 5 N–H and O–H groups in total. The summed E-state index contributed by atoms with van der Waals surface area (Å²) in [5, 5.41) is 16.7. The number of amides is 1. The van der Waals surface area contributed by atoms with Gasteiger partial charge in [0.15, 0.2) is 0 Å². The lowest BCUT2D eigenvalue weighted by molar-refractivity contribution is -0.124. The zero-order valence-corrected chi connectivity index (χ0v) is 24.6. The number of nitrogen functional groups attached to an aromatic ring is 1. The van der Waals surface area contributed by atoms with E-state index in [1.54, 1.807) is 6.07 Å². The first-order chi connectivity index (χ1) is 16.2. The molecular weight excluding hydrogens is 531 g/mol. The van der Waals surface area contributed by atoms with Crippen LogP contribution >= 0.6 is 37.2 Å². The molecule has 1 saturated heterocycles. The van der Waals surface area contributed by atoms with E-state index in [1.807, 2.05) is 30.3 Å². The van der Waals surface area contributed by atoms with E-state index in [9.17, 15) is 9.90 Å². The number of nitrogens with two attached hydrogens (primary N) is 1. The standard InChI is InChI=1S/C28H40N4O2.3ClH/c1-18(2)26(31-27(34)25-13-20-8-9-23(29)12-21(20)15-30-25)17-32-11-10-28(4,19(3)16-32)22-6-5-7-24(33)14-22;;;/h5-9,12,14,18-19,25-26,30,33H,10-11,13,15-17,29H2,1-4H3,(H,31,34);3*1H/t19-,25+,26+,28+;;;/m0.../s1. The van der Waals surface area contributed by atoms with E-state index in [2.05, 4.69) is 49.3 Å². The van der Waals surface area contributed by atoms with Crippen LogP contribution < -0.4 is 16.4 Å². The van der Waals surface area contributed by atoms with E-state index in [0.717, 1.165) is 31.7 Å². The lowest BCUT2D eigenvalue weighted by Crippen LogP contribution is -2.56. The highest BCUT2D eigenvalue weighted by Gasteiger charge is 2.39. The van der Waals surface area contributed by atoms with Crippen molar-refractivity contribution in [3.05, 3.63) is 59.2 Å². The first-order valence-corrected chi connectivity index (χ1v) is 12.6.